The highest BCUT2D eigenvalue weighted by molar-refractivity contribution is 5.98. The van der Waals surface area contributed by atoms with Gasteiger partial charge in [-0.3, -0.25) is 9.63 Å². The van der Waals surface area contributed by atoms with Crippen molar-refractivity contribution in [2.45, 2.75) is 0 Å². The van der Waals surface area contributed by atoms with Crippen molar-refractivity contribution in [3.63, 3.8) is 0 Å². The lowest BCUT2D eigenvalue weighted by molar-refractivity contribution is -0.0759. The Balaban J connectivity index is 2.53. The van der Waals surface area contributed by atoms with Crippen molar-refractivity contribution in [2.24, 2.45) is 0 Å². The first-order valence-corrected chi connectivity index (χ1v) is 5.73. The van der Waals surface area contributed by atoms with Crippen LogP contribution in [0.25, 0.3) is 11.1 Å². The Labute approximate surface area is 115 Å². The fraction of sp³-hybridized carbons (Fsp3) is 0.154. The number of hydroxylamine groups is 2. The van der Waals surface area contributed by atoms with Crippen LogP contribution in [0.4, 0.5) is 10.3 Å². The molecule has 0 atom stereocenters. The standard InChI is InChI=1S/C13H13FN4O2/c1-18(20-2)12(19)11-10(7-16-13(15)17-11)8-3-5-9(14)6-4-8/h3-7H,1-2H3,(H2,15,16,17). The molecule has 1 amide bonds. The van der Waals surface area contributed by atoms with E-state index in [0.717, 1.165) is 5.06 Å². The number of nitrogens with zero attached hydrogens (tertiary/aromatic N) is 3. The maximum atomic E-state index is 13.0. The van der Waals surface area contributed by atoms with Crippen LogP contribution < -0.4 is 5.73 Å². The van der Waals surface area contributed by atoms with Crippen molar-refractivity contribution < 1.29 is 14.0 Å². The molecule has 7 heteroatoms. The van der Waals surface area contributed by atoms with Crippen LogP contribution in [0.1, 0.15) is 10.5 Å². The summed E-state index contributed by atoms with van der Waals surface area (Å²) in [5.41, 5.74) is 6.67. The third kappa shape index (κ3) is 2.72. The molecule has 0 saturated heterocycles. The van der Waals surface area contributed by atoms with Crippen molar-refractivity contribution in [2.75, 3.05) is 19.9 Å². The summed E-state index contributed by atoms with van der Waals surface area (Å²) >= 11 is 0. The van der Waals surface area contributed by atoms with Gasteiger partial charge in [0, 0.05) is 18.8 Å². The molecule has 20 heavy (non-hydrogen) atoms. The average Bonchev–Trinajstić information content (AvgIpc) is 2.46. The molecule has 1 heterocycles. The normalized spacial score (nSPS) is 10.3. The molecule has 1 aromatic carbocycles. The number of anilines is 1. The number of benzene rings is 1. The van der Waals surface area contributed by atoms with Gasteiger partial charge in [-0.05, 0) is 17.7 Å². The highest BCUT2D eigenvalue weighted by Gasteiger charge is 2.19. The monoisotopic (exact) mass is 276 g/mol. The SMILES string of the molecule is CON(C)C(=O)c1nc(N)ncc1-c1ccc(F)cc1. The van der Waals surface area contributed by atoms with Gasteiger partial charge < -0.3 is 5.73 Å². The molecule has 0 radical (unpaired) electrons. The molecule has 6 nitrogen and oxygen atoms in total. The van der Waals surface area contributed by atoms with Crippen LogP contribution in [0.2, 0.25) is 0 Å². The smallest absolute Gasteiger partial charge is 0.296 e. The Kier molecular flexibility index (Phi) is 3.90. The summed E-state index contributed by atoms with van der Waals surface area (Å²) in [6, 6.07) is 5.65. The van der Waals surface area contributed by atoms with Gasteiger partial charge in [-0.2, -0.15) is 0 Å². The van der Waals surface area contributed by atoms with Crippen LogP contribution in [0, 0.1) is 5.82 Å². The van der Waals surface area contributed by atoms with E-state index in [1.807, 2.05) is 0 Å². The Morgan fingerprint density at radius 2 is 2.00 bits per heavy atom. The van der Waals surface area contributed by atoms with Crippen LogP contribution in [0.5, 0.6) is 0 Å². The molecule has 0 aliphatic rings. The molecule has 0 aliphatic carbocycles. The number of rotatable bonds is 3. The summed E-state index contributed by atoms with van der Waals surface area (Å²) in [5, 5.41) is 1.02. The molecule has 0 fully saturated rings. The van der Waals surface area contributed by atoms with Crippen molar-refractivity contribution in [1.29, 1.82) is 0 Å². The largest absolute Gasteiger partial charge is 0.368 e. The number of nitrogen functional groups attached to an aromatic ring is 1. The maximum Gasteiger partial charge on any atom is 0.296 e. The first-order valence-electron chi connectivity index (χ1n) is 5.73. The molecular formula is C13H13FN4O2. The fourth-order valence-electron chi connectivity index (χ4n) is 1.63. The van der Waals surface area contributed by atoms with Crippen LogP contribution in [-0.2, 0) is 4.84 Å². The molecule has 0 bridgehead atoms. The van der Waals surface area contributed by atoms with Gasteiger partial charge in [0.25, 0.3) is 5.91 Å². The number of amides is 1. The topological polar surface area (TPSA) is 81.3 Å². The number of halogens is 1. The zero-order valence-corrected chi connectivity index (χ0v) is 11.0. The molecule has 104 valence electrons. The van der Waals surface area contributed by atoms with E-state index in [1.54, 1.807) is 0 Å². The van der Waals surface area contributed by atoms with E-state index in [-0.39, 0.29) is 17.5 Å². The fourth-order valence-corrected chi connectivity index (χ4v) is 1.63. The van der Waals surface area contributed by atoms with Crippen LogP contribution in [0.3, 0.4) is 0 Å². The summed E-state index contributed by atoms with van der Waals surface area (Å²) in [5.74, 6) is -0.864. The Morgan fingerprint density at radius 1 is 1.35 bits per heavy atom. The molecule has 0 aliphatic heterocycles. The van der Waals surface area contributed by atoms with E-state index in [4.69, 9.17) is 10.6 Å². The quantitative estimate of drug-likeness (QED) is 0.859. The summed E-state index contributed by atoms with van der Waals surface area (Å²) in [6.07, 6.45) is 1.42. The van der Waals surface area contributed by atoms with Crippen molar-refractivity contribution in [3.05, 3.63) is 42.0 Å². The summed E-state index contributed by atoms with van der Waals surface area (Å²) < 4.78 is 13.0. The van der Waals surface area contributed by atoms with Crippen LogP contribution >= 0.6 is 0 Å². The molecule has 1 aromatic heterocycles. The number of carbonyl (C=O) groups excluding carboxylic acids is 1. The second-order valence-corrected chi connectivity index (χ2v) is 3.98. The van der Waals surface area contributed by atoms with E-state index < -0.39 is 5.91 Å². The second kappa shape index (κ2) is 5.62. The van der Waals surface area contributed by atoms with Gasteiger partial charge in [0.15, 0.2) is 0 Å². The number of hydrogen-bond donors (Lipinski definition) is 1. The Morgan fingerprint density at radius 3 is 2.60 bits per heavy atom. The zero-order chi connectivity index (χ0) is 14.7. The van der Waals surface area contributed by atoms with E-state index >= 15 is 0 Å². The predicted molar refractivity (Wildman–Crippen MR) is 70.9 cm³/mol. The minimum absolute atomic E-state index is 0.0243. The van der Waals surface area contributed by atoms with Gasteiger partial charge in [-0.15, -0.1) is 0 Å². The second-order valence-electron chi connectivity index (χ2n) is 3.98. The van der Waals surface area contributed by atoms with Crippen molar-refractivity contribution in [3.8, 4) is 11.1 Å². The van der Waals surface area contributed by atoms with Gasteiger partial charge in [-0.1, -0.05) is 12.1 Å². The van der Waals surface area contributed by atoms with Gasteiger partial charge in [0.2, 0.25) is 5.95 Å². The molecule has 2 N–H and O–H groups in total. The van der Waals surface area contributed by atoms with Gasteiger partial charge >= 0.3 is 0 Å². The molecule has 0 saturated carbocycles. The van der Waals surface area contributed by atoms with Crippen molar-refractivity contribution >= 4 is 11.9 Å². The molecule has 2 aromatic rings. The van der Waals surface area contributed by atoms with E-state index in [2.05, 4.69) is 9.97 Å². The summed E-state index contributed by atoms with van der Waals surface area (Å²) in [4.78, 5) is 24.8. The number of nitrogens with two attached hydrogens (primary N) is 1. The van der Waals surface area contributed by atoms with Gasteiger partial charge in [0.05, 0.1) is 7.11 Å². The number of hydrogen-bond acceptors (Lipinski definition) is 5. The minimum atomic E-state index is -0.471. The van der Waals surface area contributed by atoms with E-state index in [1.165, 1.54) is 44.6 Å². The predicted octanol–water partition coefficient (Wildman–Crippen LogP) is 1.50. The maximum absolute atomic E-state index is 13.0. The minimum Gasteiger partial charge on any atom is -0.368 e. The molecular weight excluding hydrogens is 263 g/mol. The Bertz CT molecular complexity index is 631. The highest BCUT2D eigenvalue weighted by Crippen LogP contribution is 2.23. The summed E-state index contributed by atoms with van der Waals surface area (Å²) in [7, 11) is 2.81. The van der Waals surface area contributed by atoms with Crippen LogP contribution in [0.15, 0.2) is 30.5 Å². The summed E-state index contributed by atoms with van der Waals surface area (Å²) in [6.45, 7) is 0. The lowest BCUT2D eigenvalue weighted by Gasteiger charge is -2.15. The van der Waals surface area contributed by atoms with E-state index in [9.17, 15) is 9.18 Å². The molecule has 2 rings (SSSR count). The first kappa shape index (κ1) is 13.9. The first-order chi connectivity index (χ1) is 9.52. The highest BCUT2D eigenvalue weighted by atomic mass is 19.1. The van der Waals surface area contributed by atoms with Crippen LogP contribution in [-0.4, -0.2) is 35.1 Å². The van der Waals surface area contributed by atoms with Crippen molar-refractivity contribution in [1.82, 2.24) is 15.0 Å². The number of carbonyl (C=O) groups is 1. The molecule has 0 spiro atoms. The van der Waals surface area contributed by atoms with Gasteiger partial charge in [0.1, 0.15) is 11.5 Å². The zero-order valence-electron chi connectivity index (χ0n) is 11.0. The Hall–Kier alpha value is -2.54. The average molecular weight is 276 g/mol. The number of aromatic nitrogens is 2. The third-order valence-corrected chi connectivity index (χ3v) is 2.73. The lowest BCUT2D eigenvalue weighted by atomic mass is 10.1. The third-order valence-electron chi connectivity index (χ3n) is 2.73. The van der Waals surface area contributed by atoms with E-state index in [0.29, 0.717) is 11.1 Å². The molecule has 0 unspecified atom stereocenters. The van der Waals surface area contributed by atoms with Gasteiger partial charge in [-0.25, -0.2) is 19.4 Å². The lowest BCUT2D eigenvalue weighted by Crippen LogP contribution is -2.27.